The Morgan fingerprint density at radius 1 is 1.38 bits per heavy atom. The Kier molecular flexibility index (Phi) is 10.7. The van der Waals surface area contributed by atoms with Crippen molar-refractivity contribution in [2.24, 2.45) is 5.92 Å². The smallest absolute Gasteiger partial charge is 0.306 e. The van der Waals surface area contributed by atoms with Crippen LogP contribution < -0.4 is 10.6 Å². The van der Waals surface area contributed by atoms with Crippen molar-refractivity contribution in [3.8, 4) is 0 Å². The highest BCUT2D eigenvalue weighted by Crippen LogP contribution is 2.19. The number of ketones is 1. The Morgan fingerprint density at radius 2 is 2.24 bits per heavy atom. The van der Waals surface area contributed by atoms with Gasteiger partial charge in [-0.15, -0.1) is 0 Å². The molecule has 0 radical (unpaired) electrons. The summed E-state index contributed by atoms with van der Waals surface area (Å²) in [7, 11) is 0. The van der Waals surface area contributed by atoms with E-state index in [2.05, 4.69) is 15.6 Å². The van der Waals surface area contributed by atoms with E-state index in [1.165, 1.54) is 26.0 Å². The van der Waals surface area contributed by atoms with Gasteiger partial charge in [0.05, 0.1) is 13.0 Å². The molecular formula is C21H31N3O4S. The zero-order valence-corrected chi connectivity index (χ0v) is 17.8. The van der Waals surface area contributed by atoms with Gasteiger partial charge < -0.3 is 15.4 Å². The standard InChI is InChI=1S/C21H31N3O4S/c1-16(25)23-10-12-29-15-18(21(27)17-5-4-8-22-14-17)13-20(26)28-11-7-19-6-2-3-9-24-19/h4-5,8,14,18-19,24H,2-3,6-7,9-13,15H2,1H3,(H,23,25). The maximum atomic E-state index is 12.8. The molecule has 1 saturated heterocycles. The first-order valence-electron chi connectivity index (χ1n) is 10.2. The van der Waals surface area contributed by atoms with Crippen LogP contribution in [0.1, 0.15) is 49.4 Å². The summed E-state index contributed by atoms with van der Waals surface area (Å²) in [5.41, 5.74) is 0.499. The second-order valence-electron chi connectivity index (χ2n) is 7.22. The molecular weight excluding hydrogens is 390 g/mol. The molecule has 2 rings (SSSR count). The molecule has 2 heterocycles. The summed E-state index contributed by atoms with van der Waals surface area (Å²) in [6.45, 7) is 3.40. The summed E-state index contributed by atoms with van der Waals surface area (Å²) < 4.78 is 5.41. The molecule has 0 saturated carbocycles. The SMILES string of the molecule is CC(=O)NCCSCC(CC(=O)OCCC1CCCCN1)C(=O)c1cccnc1. The van der Waals surface area contributed by atoms with E-state index >= 15 is 0 Å². The average molecular weight is 422 g/mol. The van der Waals surface area contributed by atoms with Crippen LogP contribution in [0.4, 0.5) is 0 Å². The van der Waals surface area contributed by atoms with Crippen LogP contribution in [0.25, 0.3) is 0 Å². The number of carbonyl (C=O) groups is 3. The maximum Gasteiger partial charge on any atom is 0.306 e. The molecule has 29 heavy (non-hydrogen) atoms. The molecule has 1 aromatic heterocycles. The molecule has 2 atom stereocenters. The fourth-order valence-corrected chi connectivity index (χ4v) is 4.21. The van der Waals surface area contributed by atoms with Gasteiger partial charge in [-0.05, 0) is 37.9 Å². The molecule has 0 spiro atoms. The molecule has 160 valence electrons. The van der Waals surface area contributed by atoms with E-state index in [9.17, 15) is 14.4 Å². The highest BCUT2D eigenvalue weighted by molar-refractivity contribution is 7.99. The number of pyridine rings is 1. The largest absolute Gasteiger partial charge is 0.466 e. The van der Waals surface area contributed by atoms with Gasteiger partial charge in [-0.3, -0.25) is 19.4 Å². The highest BCUT2D eigenvalue weighted by atomic mass is 32.2. The van der Waals surface area contributed by atoms with Gasteiger partial charge in [0.25, 0.3) is 0 Å². The number of rotatable bonds is 12. The second-order valence-corrected chi connectivity index (χ2v) is 8.37. The number of nitrogens with zero attached hydrogens (tertiary/aromatic N) is 1. The lowest BCUT2D eigenvalue weighted by Crippen LogP contribution is -2.35. The van der Waals surface area contributed by atoms with Crippen molar-refractivity contribution in [3.05, 3.63) is 30.1 Å². The normalized spacial score (nSPS) is 17.3. The Balaban J connectivity index is 1.81. The average Bonchev–Trinajstić information content (AvgIpc) is 2.73. The van der Waals surface area contributed by atoms with Gasteiger partial charge in [0.2, 0.25) is 5.91 Å². The lowest BCUT2D eigenvalue weighted by Gasteiger charge is -2.23. The van der Waals surface area contributed by atoms with Crippen LogP contribution in [0.15, 0.2) is 24.5 Å². The first kappa shape index (κ1) is 23.3. The summed E-state index contributed by atoms with van der Waals surface area (Å²) >= 11 is 1.54. The van der Waals surface area contributed by atoms with Crippen molar-refractivity contribution in [3.63, 3.8) is 0 Å². The van der Waals surface area contributed by atoms with Crippen LogP contribution in [-0.2, 0) is 14.3 Å². The fourth-order valence-electron chi connectivity index (χ4n) is 3.24. The van der Waals surface area contributed by atoms with Gasteiger partial charge in [0.15, 0.2) is 5.78 Å². The van der Waals surface area contributed by atoms with Crippen LogP contribution in [-0.4, -0.2) is 59.9 Å². The Labute approximate surface area is 176 Å². The van der Waals surface area contributed by atoms with Crippen LogP contribution in [0, 0.1) is 5.92 Å². The number of carbonyl (C=O) groups excluding carboxylic acids is 3. The van der Waals surface area contributed by atoms with Gasteiger partial charge in [0, 0.05) is 54.9 Å². The molecule has 1 aromatic rings. The van der Waals surface area contributed by atoms with Gasteiger partial charge in [0.1, 0.15) is 0 Å². The number of thioether (sulfide) groups is 1. The third kappa shape index (κ3) is 9.41. The fraction of sp³-hybridized carbons (Fsp3) is 0.619. The molecule has 1 aliphatic heterocycles. The van der Waals surface area contributed by atoms with Crippen LogP contribution in [0.5, 0.6) is 0 Å². The van der Waals surface area contributed by atoms with Crippen molar-refractivity contribution in [1.29, 1.82) is 0 Å². The Bertz CT molecular complexity index is 651. The molecule has 7 nitrogen and oxygen atoms in total. The van der Waals surface area contributed by atoms with Gasteiger partial charge in [-0.25, -0.2) is 0 Å². The van der Waals surface area contributed by atoms with Crippen molar-refractivity contribution in [1.82, 2.24) is 15.6 Å². The third-order valence-corrected chi connectivity index (χ3v) is 5.94. The van der Waals surface area contributed by atoms with E-state index in [1.807, 2.05) is 0 Å². The van der Waals surface area contributed by atoms with E-state index in [0.29, 0.717) is 36.3 Å². The molecule has 2 N–H and O–H groups in total. The Morgan fingerprint density at radius 3 is 2.93 bits per heavy atom. The summed E-state index contributed by atoms with van der Waals surface area (Å²) in [6, 6.07) is 3.84. The minimum atomic E-state index is -0.471. The molecule has 1 fully saturated rings. The minimum absolute atomic E-state index is 0.0545. The number of aromatic nitrogens is 1. The summed E-state index contributed by atoms with van der Waals surface area (Å²) in [5, 5.41) is 6.16. The maximum absolute atomic E-state index is 12.8. The Hall–Kier alpha value is -1.93. The predicted molar refractivity (Wildman–Crippen MR) is 114 cm³/mol. The van der Waals surface area contributed by atoms with Crippen molar-refractivity contribution in [2.75, 3.05) is 31.2 Å². The number of piperidine rings is 1. The van der Waals surface area contributed by atoms with Crippen molar-refractivity contribution >= 4 is 29.4 Å². The second kappa shape index (κ2) is 13.3. The first-order chi connectivity index (χ1) is 14.1. The summed E-state index contributed by atoms with van der Waals surface area (Å²) in [4.78, 5) is 40.1. The molecule has 0 aliphatic carbocycles. The molecule has 1 amide bonds. The molecule has 0 bridgehead atoms. The number of esters is 1. The van der Waals surface area contributed by atoms with Crippen molar-refractivity contribution in [2.45, 2.75) is 45.1 Å². The minimum Gasteiger partial charge on any atom is -0.466 e. The van der Waals surface area contributed by atoms with E-state index in [1.54, 1.807) is 30.1 Å². The molecule has 2 unspecified atom stereocenters. The highest BCUT2D eigenvalue weighted by Gasteiger charge is 2.24. The van der Waals surface area contributed by atoms with Crippen molar-refractivity contribution < 1.29 is 19.1 Å². The summed E-state index contributed by atoms with van der Waals surface area (Å²) in [6.07, 6.45) is 7.53. The number of amides is 1. The van der Waals surface area contributed by atoms with Crippen LogP contribution in [0.3, 0.4) is 0 Å². The van der Waals surface area contributed by atoms with Gasteiger partial charge in [-0.2, -0.15) is 11.8 Å². The zero-order valence-electron chi connectivity index (χ0n) is 17.0. The lowest BCUT2D eigenvalue weighted by molar-refractivity contribution is -0.144. The molecule has 0 aromatic carbocycles. The van der Waals surface area contributed by atoms with Gasteiger partial charge in [-0.1, -0.05) is 6.42 Å². The lowest BCUT2D eigenvalue weighted by atomic mass is 9.97. The van der Waals surface area contributed by atoms with E-state index in [4.69, 9.17) is 4.74 Å². The first-order valence-corrected chi connectivity index (χ1v) is 11.4. The monoisotopic (exact) mass is 421 g/mol. The topological polar surface area (TPSA) is 97.4 Å². The van der Waals surface area contributed by atoms with E-state index < -0.39 is 5.92 Å². The zero-order chi connectivity index (χ0) is 20.9. The molecule has 8 heteroatoms. The predicted octanol–water partition coefficient (Wildman–Crippen LogP) is 2.22. The number of hydrogen-bond donors (Lipinski definition) is 2. The van der Waals surface area contributed by atoms with Gasteiger partial charge >= 0.3 is 5.97 Å². The number of Topliss-reactive ketones (excluding diaryl/α,β-unsaturated/α-hetero) is 1. The molecule has 1 aliphatic rings. The number of nitrogens with one attached hydrogen (secondary N) is 2. The quantitative estimate of drug-likeness (QED) is 0.303. The van der Waals surface area contributed by atoms with E-state index in [-0.39, 0.29) is 24.1 Å². The number of ether oxygens (including phenoxy) is 1. The van der Waals surface area contributed by atoms with Crippen LogP contribution in [0.2, 0.25) is 0 Å². The van der Waals surface area contributed by atoms with E-state index in [0.717, 1.165) is 19.4 Å². The number of hydrogen-bond acceptors (Lipinski definition) is 7. The summed E-state index contributed by atoms with van der Waals surface area (Å²) in [5.74, 6) is 0.179. The third-order valence-electron chi connectivity index (χ3n) is 4.81. The van der Waals surface area contributed by atoms with Crippen LogP contribution >= 0.6 is 11.8 Å².